The van der Waals surface area contributed by atoms with E-state index in [0.29, 0.717) is 0 Å². The molecule has 0 aromatic carbocycles. The fourth-order valence-electron chi connectivity index (χ4n) is 0. The van der Waals surface area contributed by atoms with Crippen LogP contribution in [0.5, 0.6) is 0 Å². The molecule has 0 rings (SSSR count). The molecule has 14 heavy (non-hydrogen) atoms. The minimum atomic E-state index is -4.67. The van der Waals surface area contributed by atoms with Gasteiger partial charge in [0.2, 0.25) is 0 Å². The molecule has 0 aromatic heterocycles. The van der Waals surface area contributed by atoms with Gasteiger partial charge in [0.15, 0.2) is 0 Å². The van der Waals surface area contributed by atoms with Gasteiger partial charge in [0.05, 0.1) is 0 Å². The van der Waals surface area contributed by atoms with E-state index in [4.69, 9.17) is 35.0 Å². The van der Waals surface area contributed by atoms with Crippen molar-refractivity contribution in [3.63, 3.8) is 0 Å². The zero-order valence-electron chi connectivity index (χ0n) is 5.74. The Morgan fingerprint density at radius 2 is 0.571 bits per heavy atom. The van der Waals surface area contributed by atoms with E-state index in [0.717, 1.165) is 0 Å². The first-order valence-electron chi connectivity index (χ1n) is 1.40. The molecule has 0 spiro atoms. The van der Waals surface area contributed by atoms with E-state index in [1.165, 1.54) is 0 Å². The first-order chi connectivity index (χ1) is 4.00. The summed E-state index contributed by atoms with van der Waals surface area (Å²) in [6.45, 7) is 0. The van der Waals surface area contributed by atoms with Gasteiger partial charge in [-0.2, -0.15) is 16.8 Å². The van der Waals surface area contributed by atoms with E-state index in [9.17, 15) is 0 Å². The van der Waals surface area contributed by atoms with Crippen LogP contribution in [0.3, 0.4) is 0 Å². The fraction of sp³-hybridized carbons (Fsp3) is 0. The molecule has 0 saturated carbocycles. The van der Waals surface area contributed by atoms with Crippen molar-refractivity contribution in [2.24, 2.45) is 0 Å². The average Bonchev–Trinajstić information content (AvgIpc) is 1.12. The molecule has 0 bridgehead atoms. The molecule has 0 aliphatic rings. The Morgan fingerprint density at radius 3 is 0.571 bits per heavy atom. The summed E-state index contributed by atoms with van der Waals surface area (Å²) >= 11 is 0. The van der Waals surface area contributed by atoms with Crippen LogP contribution in [0, 0.1) is 0 Å². The summed E-state index contributed by atoms with van der Waals surface area (Å²) in [6, 6.07) is 0. The van der Waals surface area contributed by atoms with Gasteiger partial charge in [0.25, 0.3) is 0 Å². The summed E-state index contributed by atoms with van der Waals surface area (Å²) in [5.74, 6) is 0. The second kappa shape index (κ2) is 13.9. The normalized spacial score (nSPS) is 8.29. The Morgan fingerprint density at radius 1 is 0.571 bits per heavy atom. The predicted octanol–water partition coefficient (Wildman–Crippen LogP) is -4.70. The van der Waals surface area contributed by atoms with Crippen LogP contribution < -0.4 is 0 Å². The summed E-state index contributed by atoms with van der Waals surface area (Å²) in [5.41, 5.74) is 0. The summed E-state index contributed by atoms with van der Waals surface area (Å²) in [5, 5.41) is 0. The quantitative estimate of drug-likeness (QED) is 0.249. The Hall–Kier alpha value is 0.880. The second-order valence-corrected chi connectivity index (χ2v) is 2.69. The zero-order chi connectivity index (χ0) is 9.00. The van der Waals surface area contributed by atoms with E-state index in [1.54, 1.807) is 0 Å². The third-order valence-electron chi connectivity index (χ3n) is 0. The van der Waals surface area contributed by atoms with Crippen LogP contribution >= 0.6 is 0 Å². The third-order valence-corrected chi connectivity index (χ3v) is 0. The molecule has 0 heterocycles. The number of hydrogen-bond acceptors (Lipinski definition) is 4. The third kappa shape index (κ3) is 2350. The monoisotopic (exact) mass is 292 g/mol. The molecular formula is H12CaO11S2. The van der Waals surface area contributed by atoms with Crippen LogP contribution in [0.15, 0.2) is 0 Å². The van der Waals surface area contributed by atoms with Crippen LogP contribution in [0.4, 0.5) is 0 Å². The molecular weight excluding hydrogens is 280 g/mol. The molecule has 0 aliphatic heterocycles. The van der Waals surface area contributed by atoms with Crippen LogP contribution in [0.25, 0.3) is 0 Å². The van der Waals surface area contributed by atoms with Crippen molar-refractivity contribution in [1.82, 2.24) is 0 Å². The molecule has 0 aromatic rings. The summed E-state index contributed by atoms with van der Waals surface area (Å²) in [6.07, 6.45) is 0. The Balaban J connectivity index is -0.0000000178. The molecule has 0 atom stereocenters. The number of hydrogen-bond donors (Lipinski definition) is 4. The second-order valence-electron chi connectivity index (χ2n) is 0.896. The molecule has 14 heteroatoms. The maximum absolute atomic E-state index is 8.74. The van der Waals surface area contributed by atoms with Gasteiger partial charge in [0, 0.05) is 0 Å². The van der Waals surface area contributed by atoms with Gasteiger partial charge < -0.3 is 16.4 Å². The van der Waals surface area contributed by atoms with E-state index in [2.05, 4.69) is 0 Å². The van der Waals surface area contributed by atoms with Crippen molar-refractivity contribution < 1.29 is 51.5 Å². The van der Waals surface area contributed by atoms with Crippen molar-refractivity contribution in [1.29, 1.82) is 0 Å². The van der Waals surface area contributed by atoms with Crippen molar-refractivity contribution in [2.75, 3.05) is 0 Å². The fourth-order valence-corrected chi connectivity index (χ4v) is 0. The van der Waals surface area contributed by atoms with Gasteiger partial charge in [-0.05, 0) is 0 Å². The molecule has 0 amide bonds. The topological polar surface area (TPSA) is 244 Å². The summed E-state index contributed by atoms with van der Waals surface area (Å²) < 4.78 is 63.2. The Bertz CT molecular complexity index is 210. The minimum absolute atomic E-state index is 0. The molecule has 0 aliphatic carbocycles. The maximum atomic E-state index is 8.74. The standard InChI is InChI=1S/Ca.2H2O4S.3H2O.2H/c;2*1-5(2,3)4;;;;;/h;2*(H2,1,2,3,4);3*1H2;;. The summed E-state index contributed by atoms with van der Waals surface area (Å²) in [7, 11) is -9.33. The Kier molecular flexibility index (Phi) is 36.0. The molecule has 11 nitrogen and oxygen atoms in total. The van der Waals surface area contributed by atoms with Crippen LogP contribution in [-0.4, -0.2) is 89.2 Å². The average molecular weight is 292 g/mol. The first-order valence-corrected chi connectivity index (χ1v) is 4.19. The molecule has 0 saturated heterocycles. The van der Waals surface area contributed by atoms with Gasteiger partial charge in [-0.25, -0.2) is 0 Å². The van der Waals surface area contributed by atoms with Gasteiger partial charge in [-0.1, -0.05) is 0 Å². The zero-order valence-corrected chi connectivity index (χ0v) is 7.37. The van der Waals surface area contributed by atoms with Gasteiger partial charge in [-0.15, -0.1) is 0 Å². The van der Waals surface area contributed by atoms with Crippen LogP contribution in [0.1, 0.15) is 0 Å². The molecule has 0 unspecified atom stereocenters. The molecule has 0 fully saturated rings. The van der Waals surface area contributed by atoms with Crippen molar-refractivity contribution >= 4 is 58.5 Å². The van der Waals surface area contributed by atoms with Crippen molar-refractivity contribution in [2.45, 2.75) is 0 Å². The Labute approximate surface area is 109 Å². The van der Waals surface area contributed by atoms with Crippen LogP contribution in [-0.2, 0) is 20.8 Å². The summed E-state index contributed by atoms with van der Waals surface area (Å²) in [4.78, 5) is 0. The SMILES string of the molecule is O.O.O.O=S(=O)(O)O.O=S(=O)(O)O.[CaH2]. The first kappa shape index (κ1) is 36.4. The van der Waals surface area contributed by atoms with E-state index >= 15 is 0 Å². The van der Waals surface area contributed by atoms with Gasteiger partial charge in [0.1, 0.15) is 0 Å². The van der Waals surface area contributed by atoms with Crippen molar-refractivity contribution in [3.8, 4) is 0 Å². The van der Waals surface area contributed by atoms with E-state index in [-0.39, 0.29) is 54.2 Å². The predicted molar refractivity (Wildman–Crippen MR) is 47.7 cm³/mol. The van der Waals surface area contributed by atoms with E-state index < -0.39 is 20.8 Å². The molecule has 0 radical (unpaired) electrons. The van der Waals surface area contributed by atoms with E-state index in [1.807, 2.05) is 0 Å². The molecule has 10 N–H and O–H groups in total. The van der Waals surface area contributed by atoms with Gasteiger partial charge >= 0.3 is 58.5 Å². The van der Waals surface area contributed by atoms with Crippen LogP contribution in [0.2, 0.25) is 0 Å². The van der Waals surface area contributed by atoms with Gasteiger partial charge in [-0.3, -0.25) is 18.2 Å². The molecule has 92 valence electrons. The number of rotatable bonds is 0. The van der Waals surface area contributed by atoms with Crippen molar-refractivity contribution in [3.05, 3.63) is 0 Å².